The van der Waals surface area contributed by atoms with Crippen LogP contribution in [-0.4, -0.2) is 53.7 Å². The summed E-state index contributed by atoms with van der Waals surface area (Å²) < 4.78 is 5.57. The predicted molar refractivity (Wildman–Crippen MR) is 121 cm³/mol. The molecule has 0 heterocycles. The zero-order valence-corrected chi connectivity index (χ0v) is 19.1. The highest BCUT2D eigenvalue weighted by Crippen LogP contribution is 2.44. The van der Waals surface area contributed by atoms with Crippen molar-refractivity contribution in [3.63, 3.8) is 0 Å². The monoisotopic (exact) mass is 438 g/mol. The van der Waals surface area contributed by atoms with Gasteiger partial charge in [-0.15, -0.1) is 0 Å². The van der Waals surface area contributed by atoms with Gasteiger partial charge in [0.05, 0.1) is 0 Å². The summed E-state index contributed by atoms with van der Waals surface area (Å²) in [5, 5.41) is 11.9. The molecule has 0 aromatic heterocycles. The van der Waals surface area contributed by atoms with Crippen molar-refractivity contribution in [2.45, 2.75) is 45.7 Å². The fourth-order valence-electron chi connectivity index (χ4n) is 3.97. The molecule has 2 atom stereocenters. The van der Waals surface area contributed by atoms with Crippen LogP contribution in [-0.2, 0) is 14.3 Å². The zero-order chi connectivity index (χ0) is 23.6. The van der Waals surface area contributed by atoms with E-state index in [2.05, 4.69) is 17.4 Å². The molecular weight excluding hydrogens is 408 g/mol. The molecule has 0 bridgehead atoms. The molecule has 1 aliphatic rings. The number of alkyl carbamates (subject to hydrolysis) is 1. The number of rotatable bonds is 6. The van der Waals surface area contributed by atoms with Gasteiger partial charge in [-0.2, -0.15) is 0 Å². The first-order valence-corrected chi connectivity index (χ1v) is 10.6. The van der Waals surface area contributed by atoms with Crippen LogP contribution in [0.4, 0.5) is 4.79 Å². The summed E-state index contributed by atoms with van der Waals surface area (Å²) in [6.07, 6.45) is -0.712. The van der Waals surface area contributed by atoms with Gasteiger partial charge in [0.25, 0.3) is 0 Å². The molecule has 7 nitrogen and oxygen atoms in total. The third-order valence-corrected chi connectivity index (χ3v) is 6.00. The number of hydrogen-bond donors (Lipinski definition) is 2. The Morgan fingerprint density at radius 1 is 1.03 bits per heavy atom. The number of nitrogens with zero attached hydrogens (tertiary/aromatic N) is 1. The van der Waals surface area contributed by atoms with Crippen LogP contribution < -0.4 is 5.32 Å². The molecule has 0 fully saturated rings. The molecule has 0 aliphatic heterocycles. The lowest BCUT2D eigenvalue weighted by molar-refractivity contribution is -0.150. The van der Waals surface area contributed by atoms with Gasteiger partial charge >= 0.3 is 12.1 Å². The number of ether oxygens (including phenoxy) is 1. The van der Waals surface area contributed by atoms with Gasteiger partial charge in [-0.25, -0.2) is 9.59 Å². The number of fused-ring (bicyclic) bond motifs is 3. The number of carboxylic acids is 1. The molecule has 170 valence electrons. The zero-order valence-electron chi connectivity index (χ0n) is 19.1. The smallest absolute Gasteiger partial charge is 0.407 e. The lowest BCUT2D eigenvalue weighted by Gasteiger charge is -2.34. The minimum absolute atomic E-state index is 0.0911. The van der Waals surface area contributed by atoms with E-state index in [-0.39, 0.29) is 12.5 Å². The Hall–Kier alpha value is -3.35. The second-order valence-corrected chi connectivity index (χ2v) is 9.23. The lowest BCUT2D eigenvalue weighted by Crippen LogP contribution is -2.56. The Morgan fingerprint density at radius 2 is 1.53 bits per heavy atom. The maximum Gasteiger partial charge on any atom is 0.407 e. The Labute approximate surface area is 188 Å². The number of benzene rings is 2. The number of nitrogens with one attached hydrogen (secondary N) is 1. The Bertz CT molecular complexity index is 981. The van der Waals surface area contributed by atoms with Crippen molar-refractivity contribution < 1.29 is 24.2 Å². The summed E-state index contributed by atoms with van der Waals surface area (Å²) in [7, 11) is 1.42. The Kier molecular flexibility index (Phi) is 6.57. The van der Waals surface area contributed by atoms with Gasteiger partial charge < -0.3 is 20.1 Å². The molecule has 2 amide bonds. The van der Waals surface area contributed by atoms with Gasteiger partial charge in [-0.3, -0.25) is 4.79 Å². The number of carboxylic acid groups (broad SMARTS) is 1. The molecule has 0 spiro atoms. The van der Waals surface area contributed by atoms with Gasteiger partial charge in [0.2, 0.25) is 5.91 Å². The third kappa shape index (κ3) is 4.61. The van der Waals surface area contributed by atoms with E-state index in [4.69, 9.17) is 4.74 Å². The lowest BCUT2D eigenvalue weighted by atomic mass is 9.85. The number of amides is 2. The number of likely N-dealkylation sites (N-methyl/N-ethyl adjacent to an activating group) is 1. The van der Waals surface area contributed by atoms with Gasteiger partial charge in [0.1, 0.15) is 18.7 Å². The van der Waals surface area contributed by atoms with Gasteiger partial charge in [-0.1, -0.05) is 69.3 Å². The highest BCUT2D eigenvalue weighted by atomic mass is 16.5. The number of hydrogen-bond acceptors (Lipinski definition) is 4. The SMILES string of the molecule is C[C@@H](C(=O)O)N(C)C(=O)[C@H](NC(=O)OCC1c2ccccc2-c2ccccc21)C(C)(C)C. The fraction of sp³-hybridized carbons (Fsp3) is 0.400. The van der Waals surface area contributed by atoms with Crippen molar-refractivity contribution in [3.05, 3.63) is 59.7 Å². The second-order valence-electron chi connectivity index (χ2n) is 9.23. The van der Waals surface area contributed by atoms with Crippen LogP contribution in [0.15, 0.2) is 48.5 Å². The van der Waals surface area contributed by atoms with Crippen molar-refractivity contribution in [2.75, 3.05) is 13.7 Å². The average Bonchev–Trinajstić information content (AvgIpc) is 3.07. The molecule has 2 aromatic carbocycles. The molecular formula is C25H30N2O5. The Morgan fingerprint density at radius 3 is 2.00 bits per heavy atom. The van der Waals surface area contributed by atoms with E-state index in [0.717, 1.165) is 27.2 Å². The van der Waals surface area contributed by atoms with E-state index in [1.54, 1.807) is 20.8 Å². The maximum absolute atomic E-state index is 13.0. The quantitative estimate of drug-likeness (QED) is 0.714. The normalized spacial score (nSPS) is 14.7. The summed E-state index contributed by atoms with van der Waals surface area (Å²) in [6.45, 7) is 6.97. The molecule has 7 heteroatoms. The van der Waals surface area contributed by atoms with Crippen molar-refractivity contribution >= 4 is 18.0 Å². The van der Waals surface area contributed by atoms with E-state index < -0.39 is 35.5 Å². The highest BCUT2D eigenvalue weighted by molar-refractivity contribution is 5.89. The summed E-state index contributed by atoms with van der Waals surface area (Å²) >= 11 is 0. The maximum atomic E-state index is 13.0. The number of carbonyl (C=O) groups is 3. The van der Waals surface area contributed by atoms with E-state index in [1.807, 2.05) is 36.4 Å². The molecule has 0 radical (unpaired) electrons. The van der Waals surface area contributed by atoms with Gasteiger partial charge in [0, 0.05) is 13.0 Å². The summed E-state index contributed by atoms with van der Waals surface area (Å²) in [6, 6.07) is 14.1. The van der Waals surface area contributed by atoms with Gasteiger partial charge in [-0.05, 0) is 34.6 Å². The van der Waals surface area contributed by atoms with Crippen molar-refractivity contribution in [1.82, 2.24) is 10.2 Å². The van der Waals surface area contributed by atoms with Crippen LogP contribution in [0.25, 0.3) is 11.1 Å². The molecule has 0 saturated heterocycles. The minimum Gasteiger partial charge on any atom is -0.480 e. The predicted octanol–water partition coefficient (Wildman–Crippen LogP) is 3.87. The average molecular weight is 439 g/mol. The first-order valence-electron chi connectivity index (χ1n) is 10.6. The van der Waals surface area contributed by atoms with Crippen LogP contribution >= 0.6 is 0 Å². The van der Waals surface area contributed by atoms with E-state index in [9.17, 15) is 19.5 Å². The summed E-state index contributed by atoms with van der Waals surface area (Å²) in [5.74, 6) is -1.69. The third-order valence-electron chi connectivity index (χ3n) is 6.00. The van der Waals surface area contributed by atoms with Crippen LogP contribution in [0, 0.1) is 5.41 Å². The molecule has 0 saturated carbocycles. The van der Waals surface area contributed by atoms with Crippen molar-refractivity contribution in [1.29, 1.82) is 0 Å². The topological polar surface area (TPSA) is 95.9 Å². The number of aliphatic carboxylic acids is 1. The Balaban J connectivity index is 1.73. The van der Waals surface area contributed by atoms with Crippen LogP contribution in [0.5, 0.6) is 0 Å². The second kappa shape index (κ2) is 9.02. The van der Waals surface area contributed by atoms with Crippen molar-refractivity contribution in [3.8, 4) is 11.1 Å². The highest BCUT2D eigenvalue weighted by Gasteiger charge is 2.38. The van der Waals surface area contributed by atoms with E-state index in [0.29, 0.717) is 0 Å². The molecule has 3 rings (SSSR count). The number of carbonyl (C=O) groups excluding carboxylic acids is 2. The first-order chi connectivity index (χ1) is 15.0. The van der Waals surface area contributed by atoms with Crippen LogP contribution in [0.2, 0.25) is 0 Å². The summed E-state index contributed by atoms with van der Waals surface area (Å²) in [4.78, 5) is 38.1. The van der Waals surface area contributed by atoms with Gasteiger partial charge in [0.15, 0.2) is 0 Å². The molecule has 1 aliphatic carbocycles. The molecule has 0 unspecified atom stereocenters. The largest absolute Gasteiger partial charge is 0.480 e. The van der Waals surface area contributed by atoms with Crippen molar-refractivity contribution in [2.24, 2.45) is 5.41 Å². The minimum atomic E-state index is -1.12. The van der Waals surface area contributed by atoms with E-state index in [1.165, 1.54) is 14.0 Å². The summed E-state index contributed by atoms with van der Waals surface area (Å²) in [5.41, 5.74) is 3.81. The van der Waals surface area contributed by atoms with E-state index >= 15 is 0 Å². The standard InChI is InChI=1S/C25H30N2O5/c1-15(23(29)30)27(5)22(28)21(25(2,3)4)26-24(31)32-14-20-18-12-8-6-10-16(18)17-11-7-9-13-19(17)20/h6-13,15,20-21H,14H2,1-5H3,(H,26,31)(H,29,30)/t15-,21-/m0/s1. The molecule has 32 heavy (non-hydrogen) atoms. The van der Waals surface area contributed by atoms with Crippen LogP contribution in [0.1, 0.15) is 44.7 Å². The first kappa shape index (κ1) is 23.3. The van der Waals surface area contributed by atoms with Crippen LogP contribution in [0.3, 0.4) is 0 Å². The molecule has 2 aromatic rings. The fourth-order valence-corrected chi connectivity index (χ4v) is 3.97. The molecule has 2 N–H and O–H groups in total.